The van der Waals surface area contributed by atoms with E-state index in [2.05, 4.69) is 43.5 Å². The van der Waals surface area contributed by atoms with Crippen molar-refractivity contribution in [3.8, 4) is 21.8 Å². The van der Waals surface area contributed by atoms with Gasteiger partial charge in [0.05, 0.1) is 15.9 Å². The Kier molecular flexibility index (Phi) is 6.03. The van der Waals surface area contributed by atoms with Crippen LogP contribution in [0.4, 0.5) is 5.69 Å². The molecule has 1 amide bonds. The molecule has 0 spiro atoms. The van der Waals surface area contributed by atoms with Crippen LogP contribution in [0.5, 0.6) is 0 Å². The van der Waals surface area contributed by atoms with Gasteiger partial charge in [0.1, 0.15) is 5.01 Å². The lowest BCUT2D eigenvalue weighted by Crippen LogP contribution is -2.12. The summed E-state index contributed by atoms with van der Waals surface area (Å²) in [7, 11) is 0. The molecule has 6 aromatic rings. The lowest BCUT2D eigenvalue weighted by Gasteiger charge is -2.07. The van der Waals surface area contributed by atoms with Crippen LogP contribution in [0.15, 0.2) is 89.4 Å². The summed E-state index contributed by atoms with van der Waals surface area (Å²) in [5.74, 6) is 0.571. The average Bonchev–Trinajstić information content (AvgIpc) is 3.60. The number of carbonyl (C=O) groups is 1. The van der Waals surface area contributed by atoms with E-state index in [1.807, 2.05) is 60.7 Å². The maximum absolute atomic E-state index is 12.7. The summed E-state index contributed by atoms with van der Waals surface area (Å²) in [5, 5.41) is 15.5. The molecule has 1 N–H and O–H groups in total. The number of hydrogen-bond acceptors (Lipinski definition) is 7. The van der Waals surface area contributed by atoms with Crippen LogP contribution < -0.4 is 5.32 Å². The quantitative estimate of drug-likeness (QED) is 0.236. The van der Waals surface area contributed by atoms with Crippen molar-refractivity contribution in [1.82, 2.24) is 19.6 Å². The fourth-order valence-electron chi connectivity index (χ4n) is 3.78. The third kappa shape index (κ3) is 4.58. The van der Waals surface area contributed by atoms with Crippen LogP contribution in [0.25, 0.3) is 37.0 Å². The van der Waals surface area contributed by atoms with Crippen molar-refractivity contribution in [3.63, 3.8) is 0 Å². The fraction of sp³-hybridized carbons (Fsp3) is 0.0769. The number of fused-ring (bicyclic) bond motifs is 2. The molecule has 0 bridgehead atoms. The van der Waals surface area contributed by atoms with E-state index in [1.54, 1.807) is 22.7 Å². The van der Waals surface area contributed by atoms with Gasteiger partial charge in [-0.05, 0) is 29.8 Å². The Morgan fingerprint density at radius 3 is 2.66 bits per heavy atom. The van der Waals surface area contributed by atoms with Gasteiger partial charge in [0.15, 0.2) is 5.16 Å². The maximum Gasteiger partial charge on any atom is 0.225 e. The van der Waals surface area contributed by atoms with Crippen molar-refractivity contribution in [2.24, 2.45) is 0 Å². The molecular weight excluding hydrogens is 495 g/mol. The fourth-order valence-corrected chi connectivity index (χ4v) is 6.52. The Hall–Kier alpha value is -3.53. The Balaban J connectivity index is 1.11. The Morgan fingerprint density at radius 2 is 1.77 bits per heavy atom. The van der Waals surface area contributed by atoms with Crippen LogP contribution in [0.3, 0.4) is 0 Å². The number of rotatable bonds is 7. The first kappa shape index (κ1) is 22.0. The minimum absolute atomic E-state index is 0.0340. The lowest BCUT2D eigenvalue weighted by atomic mass is 10.2. The van der Waals surface area contributed by atoms with Crippen LogP contribution in [-0.4, -0.2) is 31.2 Å². The Morgan fingerprint density at radius 1 is 0.943 bits per heavy atom. The molecule has 6 nitrogen and oxygen atoms in total. The first-order valence-electron chi connectivity index (χ1n) is 11.0. The summed E-state index contributed by atoms with van der Waals surface area (Å²) in [5.41, 5.74) is 4.93. The van der Waals surface area contributed by atoms with Crippen molar-refractivity contribution in [3.05, 3.63) is 84.2 Å². The van der Waals surface area contributed by atoms with Gasteiger partial charge in [-0.1, -0.05) is 66.4 Å². The number of thiazole rings is 2. The van der Waals surface area contributed by atoms with Gasteiger partial charge in [-0.2, -0.15) is 0 Å². The van der Waals surface area contributed by atoms with E-state index in [0.29, 0.717) is 12.2 Å². The molecule has 3 aromatic heterocycles. The summed E-state index contributed by atoms with van der Waals surface area (Å²) >= 11 is 4.75. The van der Waals surface area contributed by atoms with Gasteiger partial charge >= 0.3 is 0 Å². The summed E-state index contributed by atoms with van der Waals surface area (Å²) in [6.45, 7) is 0. The normalized spacial score (nSPS) is 11.3. The number of nitrogens with one attached hydrogen (secondary N) is 1. The number of amides is 1. The zero-order valence-corrected chi connectivity index (χ0v) is 20.9. The van der Waals surface area contributed by atoms with Gasteiger partial charge in [0.25, 0.3) is 0 Å². The van der Waals surface area contributed by atoms with Gasteiger partial charge in [0.2, 0.25) is 10.9 Å². The molecule has 6 rings (SSSR count). The first-order valence-corrected chi connectivity index (χ1v) is 13.7. The second kappa shape index (κ2) is 9.61. The van der Waals surface area contributed by atoms with Gasteiger partial charge in [-0.3, -0.25) is 9.20 Å². The molecule has 0 aliphatic rings. The van der Waals surface area contributed by atoms with E-state index in [-0.39, 0.29) is 5.91 Å². The molecule has 3 aromatic carbocycles. The number of benzene rings is 3. The first-order chi connectivity index (χ1) is 17.2. The highest BCUT2D eigenvalue weighted by molar-refractivity contribution is 7.99. The summed E-state index contributed by atoms with van der Waals surface area (Å²) in [4.78, 5) is 18.2. The van der Waals surface area contributed by atoms with Gasteiger partial charge in [0, 0.05) is 28.8 Å². The molecule has 0 fully saturated rings. The molecule has 3 heterocycles. The second-order valence-electron chi connectivity index (χ2n) is 7.80. The molecule has 0 atom stereocenters. The van der Waals surface area contributed by atoms with E-state index in [9.17, 15) is 4.79 Å². The standard InChI is InChI=1S/C26H19N5OS3/c32-23(27-19-10-6-9-18(15-19)24-28-20-11-4-5-12-22(20)35-24)13-14-33-25-29-30-26-31(25)21(16-34-26)17-7-2-1-3-8-17/h1-12,15-16H,13-14H2,(H,27,32). The van der Waals surface area contributed by atoms with E-state index in [0.717, 1.165) is 47.8 Å². The lowest BCUT2D eigenvalue weighted by molar-refractivity contribution is -0.115. The largest absolute Gasteiger partial charge is 0.326 e. The molecule has 0 aliphatic heterocycles. The van der Waals surface area contributed by atoms with Gasteiger partial charge in [-0.25, -0.2) is 4.98 Å². The number of carbonyl (C=O) groups excluding carboxylic acids is 1. The molecule has 0 saturated heterocycles. The highest BCUT2D eigenvalue weighted by Crippen LogP contribution is 2.32. The molecule has 9 heteroatoms. The van der Waals surface area contributed by atoms with Crippen molar-refractivity contribution in [1.29, 1.82) is 0 Å². The third-order valence-corrected chi connectivity index (χ3v) is 8.27. The van der Waals surface area contributed by atoms with Gasteiger partial charge < -0.3 is 5.32 Å². The molecule has 172 valence electrons. The third-order valence-electron chi connectivity index (χ3n) is 5.44. The number of para-hydroxylation sites is 1. The molecule has 0 radical (unpaired) electrons. The van der Waals surface area contributed by atoms with E-state index >= 15 is 0 Å². The molecule has 0 unspecified atom stereocenters. The van der Waals surface area contributed by atoms with Crippen molar-refractivity contribution in [2.75, 3.05) is 11.1 Å². The van der Waals surface area contributed by atoms with E-state index in [1.165, 1.54) is 11.8 Å². The summed E-state index contributed by atoms with van der Waals surface area (Å²) in [6.07, 6.45) is 0.371. The second-order valence-corrected chi connectivity index (χ2v) is 10.7. The predicted molar refractivity (Wildman–Crippen MR) is 145 cm³/mol. The number of anilines is 1. The van der Waals surface area contributed by atoms with Crippen LogP contribution in [-0.2, 0) is 4.79 Å². The van der Waals surface area contributed by atoms with Crippen LogP contribution in [0, 0.1) is 0 Å². The summed E-state index contributed by atoms with van der Waals surface area (Å²) < 4.78 is 3.21. The Bertz CT molecular complexity index is 1600. The smallest absolute Gasteiger partial charge is 0.225 e. The van der Waals surface area contributed by atoms with Crippen LogP contribution in [0.2, 0.25) is 0 Å². The molecule has 0 saturated carbocycles. The van der Waals surface area contributed by atoms with Crippen molar-refractivity contribution in [2.45, 2.75) is 11.6 Å². The maximum atomic E-state index is 12.7. The minimum atomic E-state index is -0.0340. The molecule has 0 aliphatic carbocycles. The number of nitrogens with zero attached hydrogens (tertiary/aromatic N) is 4. The number of hydrogen-bond donors (Lipinski definition) is 1. The monoisotopic (exact) mass is 513 g/mol. The highest BCUT2D eigenvalue weighted by Gasteiger charge is 2.14. The van der Waals surface area contributed by atoms with Crippen molar-refractivity contribution >= 4 is 61.2 Å². The minimum Gasteiger partial charge on any atom is -0.326 e. The predicted octanol–water partition coefficient (Wildman–Crippen LogP) is 6.86. The zero-order chi connectivity index (χ0) is 23.6. The molecular formula is C26H19N5OS3. The number of thioether (sulfide) groups is 1. The SMILES string of the molecule is O=C(CCSc1nnc2scc(-c3ccccc3)n12)Nc1cccc(-c2nc3ccccc3s2)c1. The number of aromatic nitrogens is 4. The molecule has 35 heavy (non-hydrogen) atoms. The zero-order valence-electron chi connectivity index (χ0n) is 18.4. The van der Waals surface area contributed by atoms with Crippen LogP contribution >= 0.6 is 34.4 Å². The topological polar surface area (TPSA) is 72.2 Å². The van der Waals surface area contributed by atoms with Gasteiger partial charge in [-0.15, -0.1) is 32.9 Å². The highest BCUT2D eigenvalue weighted by atomic mass is 32.2. The Labute approximate surface area is 213 Å². The average molecular weight is 514 g/mol. The van der Waals surface area contributed by atoms with E-state index < -0.39 is 0 Å². The van der Waals surface area contributed by atoms with Crippen molar-refractivity contribution < 1.29 is 4.79 Å². The van der Waals surface area contributed by atoms with Crippen LogP contribution in [0.1, 0.15) is 6.42 Å². The van der Waals surface area contributed by atoms with E-state index in [4.69, 9.17) is 4.98 Å². The summed E-state index contributed by atoms with van der Waals surface area (Å²) in [6, 6.07) is 26.1.